The Morgan fingerprint density at radius 3 is 2.67 bits per heavy atom. The summed E-state index contributed by atoms with van der Waals surface area (Å²) in [5.41, 5.74) is 5.94. The maximum absolute atomic E-state index is 13.8. The van der Waals surface area contributed by atoms with Crippen LogP contribution in [0.5, 0.6) is 0 Å². The molecule has 2 nitrogen and oxygen atoms in total. The number of aliphatic hydroxyl groups excluding tert-OH is 1. The van der Waals surface area contributed by atoms with E-state index in [0.717, 1.165) is 18.9 Å². The molecule has 0 bridgehead atoms. The van der Waals surface area contributed by atoms with Gasteiger partial charge in [0.15, 0.2) is 0 Å². The maximum atomic E-state index is 13.8. The predicted molar refractivity (Wildman–Crippen MR) is 81.4 cm³/mol. The third-order valence-corrected chi connectivity index (χ3v) is 4.52. The molecule has 1 aromatic heterocycles. The lowest BCUT2D eigenvalue weighted by atomic mass is 9.90. The quantitative estimate of drug-likeness (QED) is 0.822. The highest BCUT2D eigenvalue weighted by Gasteiger charge is 2.22. The first kappa shape index (κ1) is 16.1. The number of halogens is 2. The van der Waals surface area contributed by atoms with Gasteiger partial charge in [-0.3, -0.25) is 0 Å². The first-order valence-electron chi connectivity index (χ1n) is 6.97. The number of benzene rings is 1. The van der Waals surface area contributed by atoms with Crippen molar-refractivity contribution in [3.8, 4) is 0 Å². The van der Waals surface area contributed by atoms with Gasteiger partial charge in [-0.1, -0.05) is 12.1 Å². The molecular weight excluding hydrogens is 292 g/mol. The summed E-state index contributed by atoms with van der Waals surface area (Å²) in [4.78, 5) is 1.26. The topological polar surface area (TPSA) is 46.2 Å². The summed E-state index contributed by atoms with van der Waals surface area (Å²) in [7, 11) is 0. The van der Waals surface area contributed by atoms with Gasteiger partial charge >= 0.3 is 0 Å². The fourth-order valence-electron chi connectivity index (χ4n) is 2.43. The fourth-order valence-corrected chi connectivity index (χ4v) is 3.19. The summed E-state index contributed by atoms with van der Waals surface area (Å²) in [6.07, 6.45) is 1.50. The van der Waals surface area contributed by atoms with Crippen LogP contribution in [0.25, 0.3) is 0 Å². The van der Waals surface area contributed by atoms with E-state index in [0.29, 0.717) is 6.42 Å². The zero-order valence-corrected chi connectivity index (χ0v) is 12.5. The van der Waals surface area contributed by atoms with E-state index >= 15 is 0 Å². The fraction of sp³-hybridized carbons (Fsp3) is 0.375. The van der Waals surface area contributed by atoms with Gasteiger partial charge in [-0.05, 0) is 42.3 Å². The molecule has 2 unspecified atom stereocenters. The van der Waals surface area contributed by atoms with Crippen LogP contribution in [-0.2, 0) is 6.42 Å². The number of aliphatic hydroxyl groups is 1. The first-order valence-corrected chi connectivity index (χ1v) is 7.85. The van der Waals surface area contributed by atoms with E-state index in [-0.39, 0.29) is 12.1 Å². The number of hydrogen-bond donors (Lipinski definition) is 2. The van der Waals surface area contributed by atoms with E-state index in [2.05, 4.69) is 6.07 Å². The van der Waals surface area contributed by atoms with Gasteiger partial charge in [0, 0.05) is 23.4 Å². The summed E-state index contributed by atoms with van der Waals surface area (Å²) in [5.74, 6) is -1.78. The van der Waals surface area contributed by atoms with Gasteiger partial charge in [0.2, 0.25) is 0 Å². The zero-order chi connectivity index (χ0) is 15.2. The minimum absolute atomic E-state index is 0.128. The SMILES string of the molecule is NCC(c1ccc(F)cc1F)C(O)CCCc1cccs1. The van der Waals surface area contributed by atoms with E-state index in [9.17, 15) is 13.9 Å². The van der Waals surface area contributed by atoms with Crippen LogP contribution in [0.15, 0.2) is 35.7 Å². The molecule has 2 aromatic rings. The summed E-state index contributed by atoms with van der Waals surface area (Å²) in [6.45, 7) is 0.128. The average molecular weight is 311 g/mol. The van der Waals surface area contributed by atoms with Gasteiger partial charge in [-0.15, -0.1) is 11.3 Å². The largest absolute Gasteiger partial charge is 0.392 e. The van der Waals surface area contributed by atoms with Crippen LogP contribution in [0.1, 0.15) is 29.2 Å². The minimum atomic E-state index is -0.727. The van der Waals surface area contributed by atoms with Crippen molar-refractivity contribution in [3.05, 3.63) is 57.8 Å². The van der Waals surface area contributed by atoms with Crippen LogP contribution in [0.3, 0.4) is 0 Å². The Morgan fingerprint density at radius 2 is 2.05 bits per heavy atom. The number of hydrogen-bond acceptors (Lipinski definition) is 3. The van der Waals surface area contributed by atoms with E-state index in [1.807, 2.05) is 11.4 Å². The Morgan fingerprint density at radius 1 is 1.24 bits per heavy atom. The second-order valence-electron chi connectivity index (χ2n) is 5.05. The number of aryl methyl sites for hydroxylation is 1. The Balaban J connectivity index is 1.96. The third-order valence-electron chi connectivity index (χ3n) is 3.58. The molecule has 0 radical (unpaired) electrons. The summed E-state index contributed by atoms with van der Waals surface area (Å²) >= 11 is 1.68. The molecule has 3 N–H and O–H groups in total. The molecule has 2 rings (SSSR count). The maximum Gasteiger partial charge on any atom is 0.129 e. The highest BCUT2D eigenvalue weighted by atomic mass is 32.1. The highest BCUT2D eigenvalue weighted by Crippen LogP contribution is 2.25. The predicted octanol–water partition coefficient (Wildman–Crippen LogP) is 3.45. The first-order chi connectivity index (χ1) is 10.1. The molecule has 5 heteroatoms. The van der Waals surface area contributed by atoms with Crippen molar-refractivity contribution in [2.24, 2.45) is 5.73 Å². The lowest BCUT2D eigenvalue weighted by Crippen LogP contribution is -2.27. The molecule has 21 heavy (non-hydrogen) atoms. The van der Waals surface area contributed by atoms with Crippen molar-refractivity contribution < 1.29 is 13.9 Å². The van der Waals surface area contributed by atoms with Crippen molar-refractivity contribution in [2.75, 3.05) is 6.54 Å². The van der Waals surface area contributed by atoms with Crippen LogP contribution in [-0.4, -0.2) is 17.8 Å². The zero-order valence-electron chi connectivity index (χ0n) is 11.6. The van der Waals surface area contributed by atoms with Crippen molar-refractivity contribution in [2.45, 2.75) is 31.3 Å². The van der Waals surface area contributed by atoms with Gasteiger partial charge in [-0.2, -0.15) is 0 Å². The number of thiophene rings is 1. The van der Waals surface area contributed by atoms with Crippen molar-refractivity contribution >= 4 is 11.3 Å². The lowest BCUT2D eigenvalue weighted by Gasteiger charge is -2.22. The number of rotatable bonds is 7. The van der Waals surface area contributed by atoms with Gasteiger partial charge in [0.05, 0.1) is 6.10 Å². The molecule has 2 atom stereocenters. The monoisotopic (exact) mass is 311 g/mol. The standard InChI is InChI=1S/C16H19F2NOS/c17-11-6-7-13(15(18)9-11)14(10-19)16(20)5-1-3-12-4-2-8-21-12/h2,4,6-9,14,16,20H,1,3,5,10,19H2. The van der Waals surface area contributed by atoms with Crippen LogP contribution in [0.4, 0.5) is 8.78 Å². The molecule has 0 spiro atoms. The molecule has 1 heterocycles. The van der Waals surface area contributed by atoms with Crippen LogP contribution in [0, 0.1) is 11.6 Å². The number of nitrogens with two attached hydrogens (primary N) is 1. The molecule has 0 aliphatic rings. The van der Waals surface area contributed by atoms with Gasteiger partial charge < -0.3 is 10.8 Å². The van der Waals surface area contributed by atoms with Crippen LogP contribution >= 0.6 is 11.3 Å². The van der Waals surface area contributed by atoms with Crippen LogP contribution < -0.4 is 5.73 Å². The molecule has 0 amide bonds. The second kappa shape index (κ2) is 7.64. The minimum Gasteiger partial charge on any atom is -0.392 e. The normalized spacial score (nSPS) is 14.1. The molecule has 0 saturated carbocycles. The van der Waals surface area contributed by atoms with Gasteiger partial charge in [0.25, 0.3) is 0 Å². The third kappa shape index (κ3) is 4.33. The van der Waals surface area contributed by atoms with E-state index < -0.39 is 23.7 Å². The van der Waals surface area contributed by atoms with Gasteiger partial charge in [-0.25, -0.2) is 8.78 Å². The van der Waals surface area contributed by atoms with Crippen molar-refractivity contribution in [3.63, 3.8) is 0 Å². The molecule has 1 aromatic carbocycles. The van der Waals surface area contributed by atoms with E-state index in [1.165, 1.54) is 17.0 Å². The Bertz CT molecular complexity index is 559. The smallest absolute Gasteiger partial charge is 0.129 e. The second-order valence-corrected chi connectivity index (χ2v) is 6.08. The molecule has 0 saturated heterocycles. The highest BCUT2D eigenvalue weighted by molar-refractivity contribution is 7.09. The summed E-state index contributed by atoms with van der Waals surface area (Å²) in [6, 6.07) is 7.44. The molecule has 0 fully saturated rings. The summed E-state index contributed by atoms with van der Waals surface area (Å²) in [5, 5.41) is 12.3. The molecule has 114 valence electrons. The van der Waals surface area contributed by atoms with Crippen molar-refractivity contribution in [1.29, 1.82) is 0 Å². The van der Waals surface area contributed by atoms with Crippen molar-refractivity contribution in [1.82, 2.24) is 0 Å². The average Bonchev–Trinajstić information content (AvgIpc) is 2.95. The van der Waals surface area contributed by atoms with E-state index in [1.54, 1.807) is 11.3 Å². The van der Waals surface area contributed by atoms with Crippen LogP contribution in [0.2, 0.25) is 0 Å². The molecule has 0 aliphatic carbocycles. The molecule has 0 aliphatic heterocycles. The Hall–Kier alpha value is -1.30. The van der Waals surface area contributed by atoms with Gasteiger partial charge in [0.1, 0.15) is 11.6 Å². The lowest BCUT2D eigenvalue weighted by molar-refractivity contribution is 0.132. The van der Waals surface area contributed by atoms with E-state index in [4.69, 9.17) is 5.73 Å². The summed E-state index contributed by atoms with van der Waals surface area (Å²) < 4.78 is 26.7. The molecular formula is C16H19F2NOS. The Kier molecular flexibility index (Phi) is 5.85. The Labute approximate surface area is 127 Å².